The summed E-state index contributed by atoms with van der Waals surface area (Å²) in [5.74, 6) is -1.36. The highest BCUT2D eigenvalue weighted by Crippen LogP contribution is 2.21. The van der Waals surface area contributed by atoms with E-state index in [1.165, 1.54) is 18.2 Å². The Labute approximate surface area is 117 Å². The van der Waals surface area contributed by atoms with Crippen molar-refractivity contribution in [2.45, 2.75) is 26.3 Å². The van der Waals surface area contributed by atoms with E-state index < -0.39 is 5.97 Å². The molecule has 0 aliphatic carbocycles. The van der Waals surface area contributed by atoms with Gasteiger partial charge in [0.15, 0.2) is 0 Å². The van der Waals surface area contributed by atoms with Gasteiger partial charge in [-0.25, -0.2) is 4.79 Å². The van der Waals surface area contributed by atoms with Crippen LogP contribution >= 0.6 is 11.6 Å². The molecule has 0 atom stereocenters. The lowest BCUT2D eigenvalue weighted by Gasteiger charge is -2.10. The normalized spacial score (nSPS) is 10.5. The van der Waals surface area contributed by atoms with E-state index >= 15 is 0 Å². The van der Waals surface area contributed by atoms with Crippen molar-refractivity contribution < 1.29 is 14.7 Å². The average molecular weight is 285 g/mol. The van der Waals surface area contributed by atoms with Gasteiger partial charge < -0.3 is 15.7 Å². The van der Waals surface area contributed by atoms with Crippen LogP contribution in [0.25, 0.3) is 0 Å². The van der Waals surface area contributed by atoms with Gasteiger partial charge in [0.05, 0.1) is 11.3 Å². The summed E-state index contributed by atoms with van der Waals surface area (Å²) in [6.45, 7) is 4.50. The van der Waals surface area contributed by atoms with Crippen LogP contribution in [0, 0.1) is 0 Å². The van der Waals surface area contributed by atoms with Crippen molar-refractivity contribution in [3.05, 3.63) is 28.8 Å². The number of benzene rings is 1. The number of aromatic carboxylic acids is 1. The lowest BCUT2D eigenvalue weighted by atomic mass is 10.1. The van der Waals surface area contributed by atoms with Crippen molar-refractivity contribution in [3.8, 4) is 0 Å². The molecule has 6 heteroatoms. The molecule has 0 aliphatic rings. The molecular weight excluding hydrogens is 268 g/mol. The van der Waals surface area contributed by atoms with Crippen LogP contribution in [0.2, 0.25) is 5.02 Å². The van der Waals surface area contributed by atoms with Crippen LogP contribution in [-0.4, -0.2) is 29.6 Å². The molecule has 0 aromatic heterocycles. The first-order valence-electron chi connectivity index (χ1n) is 5.96. The first kappa shape index (κ1) is 15.5. The van der Waals surface area contributed by atoms with Gasteiger partial charge >= 0.3 is 5.97 Å². The monoisotopic (exact) mass is 284 g/mol. The number of carbonyl (C=O) groups excluding carboxylic acids is 1. The Morgan fingerprint density at radius 3 is 2.63 bits per heavy atom. The number of hydrogen-bond donors (Lipinski definition) is 3. The van der Waals surface area contributed by atoms with Crippen LogP contribution in [-0.2, 0) is 4.79 Å². The molecule has 0 saturated carbocycles. The van der Waals surface area contributed by atoms with Crippen molar-refractivity contribution in [2.24, 2.45) is 0 Å². The van der Waals surface area contributed by atoms with Gasteiger partial charge in [0.25, 0.3) is 0 Å². The van der Waals surface area contributed by atoms with E-state index in [-0.39, 0.29) is 23.6 Å². The predicted molar refractivity (Wildman–Crippen MR) is 74.8 cm³/mol. The maximum Gasteiger partial charge on any atom is 0.337 e. The highest BCUT2D eigenvalue weighted by molar-refractivity contribution is 6.31. The Morgan fingerprint density at radius 1 is 1.37 bits per heavy atom. The molecule has 0 heterocycles. The number of carbonyl (C=O) groups is 2. The molecule has 3 N–H and O–H groups in total. The zero-order chi connectivity index (χ0) is 14.4. The summed E-state index contributed by atoms with van der Waals surface area (Å²) in [5.41, 5.74) is 0.240. The van der Waals surface area contributed by atoms with Gasteiger partial charge in [-0.1, -0.05) is 25.4 Å². The minimum Gasteiger partial charge on any atom is -0.478 e. The molecule has 1 amide bonds. The maximum absolute atomic E-state index is 11.7. The second-order valence-electron chi connectivity index (χ2n) is 4.40. The lowest BCUT2D eigenvalue weighted by Crippen LogP contribution is -2.27. The molecule has 0 radical (unpaired) electrons. The predicted octanol–water partition coefficient (Wildman–Crippen LogP) is 2.36. The largest absolute Gasteiger partial charge is 0.478 e. The molecule has 19 heavy (non-hydrogen) atoms. The second kappa shape index (κ2) is 7.11. The van der Waals surface area contributed by atoms with E-state index in [9.17, 15) is 9.59 Å². The number of carboxylic acids is 1. The summed E-state index contributed by atoms with van der Waals surface area (Å²) >= 11 is 5.79. The van der Waals surface area contributed by atoms with Crippen LogP contribution in [0.4, 0.5) is 5.69 Å². The third kappa shape index (κ3) is 5.28. The number of amides is 1. The Hall–Kier alpha value is -1.59. The first-order valence-corrected chi connectivity index (χ1v) is 6.34. The first-order chi connectivity index (χ1) is 8.90. The van der Waals surface area contributed by atoms with Gasteiger partial charge in [0.2, 0.25) is 5.91 Å². The summed E-state index contributed by atoms with van der Waals surface area (Å²) in [4.78, 5) is 22.7. The number of carboxylic acid groups (broad SMARTS) is 1. The standard InChI is InChI=1S/C13H17ClN2O3/c1-8(2)15-6-5-12(17)16-11-7-9(14)3-4-10(11)13(18)19/h3-4,7-8,15H,5-6H2,1-2H3,(H,16,17)(H,18,19). The fraction of sp³-hybridized carbons (Fsp3) is 0.385. The molecule has 104 valence electrons. The molecule has 0 saturated heterocycles. The third-order valence-corrected chi connectivity index (χ3v) is 2.63. The van der Waals surface area contributed by atoms with Gasteiger partial charge in [-0.3, -0.25) is 4.79 Å². The molecule has 5 nitrogen and oxygen atoms in total. The van der Waals surface area contributed by atoms with Crippen molar-refractivity contribution in [1.29, 1.82) is 0 Å². The zero-order valence-corrected chi connectivity index (χ0v) is 11.6. The molecule has 0 spiro atoms. The fourth-order valence-electron chi connectivity index (χ4n) is 1.49. The molecule has 1 rings (SSSR count). The van der Waals surface area contributed by atoms with E-state index in [1.807, 2.05) is 13.8 Å². The summed E-state index contributed by atoms with van der Waals surface area (Å²) in [7, 11) is 0. The van der Waals surface area contributed by atoms with Crippen LogP contribution in [0.5, 0.6) is 0 Å². The van der Waals surface area contributed by atoms with E-state index in [4.69, 9.17) is 16.7 Å². The summed E-state index contributed by atoms with van der Waals surface area (Å²) in [6.07, 6.45) is 0.268. The quantitative estimate of drug-likeness (QED) is 0.749. The number of rotatable bonds is 6. The summed E-state index contributed by atoms with van der Waals surface area (Å²) in [6, 6.07) is 4.57. The van der Waals surface area contributed by atoms with Gasteiger partial charge in [-0.2, -0.15) is 0 Å². The van der Waals surface area contributed by atoms with Crippen LogP contribution in [0.1, 0.15) is 30.6 Å². The molecule has 1 aromatic rings. The summed E-state index contributed by atoms with van der Waals surface area (Å²) < 4.78 is 0. The van der Waals surface area contributed by atoms with Crippen molar-refractivity contribution >= 4 is 29.2 Å². The van der Waals surface area contributed by atoms with E-state index in [1.54, 1.807) is 0 Å². The van der Waals surface area contributed by atoms with Gasteiger partial charge in [0, 0.05) is 24.0 Å². The molecule has 0 bridgehead atoms. The van der Waals surface area contributed by atoms with Crippen molar-refractivity contribution in [2.75, 3.05) is 11.9 Å². The SMILES string of the molecule is CC(C)NCCC(=O)Nc1cc(Cl)ccc1C(=O)O. The minimum absolute atomic E-state index is 0.0227. The molecule has 0 fully saturated rings. The van der Waals surface area contributed by atoms with Gasteiger partial charge in [0.1, 0.15) is 0 Å². The number of nitrogens with one attached hydrogen (secondary N) is 2. The molecule has 1 aromatic carbocycles. The van der Waals surface area contributed by atoms with Crippen molar-refractivity contribution in [3.63, 3.8) is 0 Å². The second-order valence-corrected chi connectivity index (χ2v) is 4.84. The fourth-order valence-corrected chi connectivity index (χ4v) is 1.67. The number of halogens is 1. The summed E-state index contributed by atoms with van der Waals surface area (Å²) in [5, 5.41) is 15.1. The zero-order valence-electron chi connectivity index (χ0n) is 10.9. The maximum atomic E-state index is 11.7. The number of hydrogen-bond acceptors (Lipinski definition) is 3. The highest BCUT2D eigenvalue weighted by Gasteiger charge is 2.12. The molecule has 0 aliphatic heterocycles. The Bertz CT molecular complexity index is 475. The third-order valence-electron chi connectivity index (χ3n) is 2.39. The van der Waals surface area contributed by atoms with Crippen LogP contribution in [0.3, 0.4) is 0 Å². The number of anilines is 1. The van der Waals surface area contributed by atoms with E-state index in [0.717, 1.165) is 0 Å². The smallest absolute Gasteiger partial charge is 0.337 e. The minimum atomic E-state index is -1.10. The van der Waals surface area contributed by atoms with Crippen molar-refractivity contribution in [1.82, 2.24) is 5.32 Å². The highest BCUT2D eigenvalue weighted by atomic mass is 35.5. The van der Waals surface area contributed by atoms with E-state index in [2.05, 4.69) is 10.6 Å². The van der Waals surface area contributed by atoms with Crippen LogP contribution in [0.15, 0.2) is 18.2 Å². The molecular formula is C13H17ClN2O3. The Morgan fingerprint density at radius 2 is 2.05 bits per heavy atom. The van der Waals surface area contributed by atoms with Crippen LogP contribution < -0.4 is 10.6 Å². The Kier molecular flexibility index (Phi) is 5.79. The Balaban J connectivity index is 2.67. The van der Waals surface area contributed by atoms with E-state index in [0.29, 0.717) is 17.6 Å². The average Bonchev–Trinajstić information content (AvgIpc) is 2.27. The molecule has 0 unspecified atom stereocenters. The lowest BCUT2D eigenvalue weighted by molar-refractivity contribution is -0.116. The topological polar surface area (TPSA) is 78.4 Å². The van der Waals surface area contributed by atoms with Gasteiger partial charge in [-0.15, -0.1) is 0 Å². The van der Waals surface area contributed by atoms with Gasteiger partial charge in [-0.05, 0) is 18.2 Å².